The zero-order valence-corrected chi connectivity index (χ0v) is 16.6. The maximum Gasteiger partial charge on any atom is 0.468 e. The topological polar surface area (TPSA) is 116 Å². The fourth-order valence-electron chi connectivity index (χ4n) is 1.80. The molecule has 0 aliphatic heterocycles. The molecule has 32 heavy (non-hydrogen) atoms. The van der Waals surface area contributed by atoms with E-state index in [1.54, 1.807) is 0 Å². The molecule has 0 spiro atoms. The van der Waals surface area contributed by atoms with Crippen LogP contribution < -0.4 is 0 Å². The Morgan fingerprint density at radius 1 is 1.03 bits per heavy atom. The molecule has 186 valence electrons. The Balaban J connectivity index is 5.51. The predicted octanol–water partition coefficient (Wildman–Crippen LogP) is 3.30. The van der Waals surface area contributed by atoms with Crippen molar-refractivity contribution in [2.24, 2.45) is 0 Å². The van der Waals surface area contributed by atoms with Crippen molar-refractivity contribution in [1.29, 1.82) is 0 Å². The lowest BCUT2D eigenvalue weighted by atomic mass is 10.1. The van der Waals surface area contributed by atoms with Gasteiger partial charge >= 0.3 is 45.2 Å². The smallest absolute Gasteiger partial charge is 0.456 e. The number of ether oxygens (including phenoxy) is 3. The van der Waals surface area contributed by atoms with E-state index in [0.29, 0.717) is 0 Å². The monoisotopic (exact) mass is 508 g/mol. The van der Waals surface area contributed by atoms with Crippen molar-refractivity contribution in [2.75, 3.05) is 13.2 Å². The van der Waals surface area contributed by atoms with Crippen LogP contribution in [0.1, 0.15) is 19.3 Å². The van der Waals surface area contributed by atoms with E-state index in [-0.39, 0.29) is 0 Å². The Morgan fingerprint density at radius 2 is 1.56 bits per heavy atom. The SMILES string of the molecule is C=CCOC(=O)C(OCCCCC(F)(F)C(F)(F)S(=O)(=O)O)(OC(=O)C(=C)F)C(F)(F)F. The van der Waals surface area contributed by atoms with Crippen LogP contribution in [0, 0.1) is 0 Å². The van der Waals surface area contributed by atoms with Crippen molar-refractivity contribution in [3.63, 3.8) is 0 Å². The first-order chi connectivity index (χ1) is 14.3. The highest BCUT2D eigenvalue weighted by atomic mass is 32.2. The molecule has 0 saturated carbocycles. The van der Waals surface area contributed by atoms with E-state index in [1.807, 2.05) is 0 Å². The highest BCUT2D eigenvalue weighted by Gasteiger charge is 2.68. The molecule has 0 saturated heterocycles. The minimum atomic E-state index is -6.52. The molecular formula is C15H16F8O8S. The summed E-state index contributed by atoms with van der Waals surface area (Å²) in [5.41, 5.74) is 0. The standard InChI is InChI=1S/C15H16F8O8S/c1-3-7-29-11(25)13(14(19,20)21,31-10(24)9(2)16)30-8-5-4-6-12(17,18)15(22,23)32(26,27)28/h3H,1-2,4-8H2,(H,26,27,28). The van der Waals surface area contributed by atoms with Gasteiger partial charge in [-0.15, -0.1) is 0 Å². The number of carbonyl (C=O) groups is 2. The van der Waals surface area contributed by atoms with Crippen LogP contribution in [0.2, 0.25) is 0 Å². The molecule has 0 bridgehead atoms. The van der Waals surface area contributed by atoms with E-state index < -0.39 is 83.5 Å². The van der Waals surface area contributed by atoms with Gasteiger partial charge in [0, 0.05) is 6.42 Å². The number of alkyl halides is 7. The number of rotatable bonds is 13. The summed E-state index contributed by atoms with van der Waals surface area (Å²) in [4.78, 5) is 23.1. The summed E-state index contributed by atoms with van der Waals surface area (Å²) >= 11 is 0. The third-order valence-corrected chi connectivity index (χ3v) is 4.32. The van der Waals surface area contributed by atoms with E-state index in [0.717, 1.165) is 6.08 Å². The van der Waals surface area contributed by atoms with Crippen LogP contribution in [0.4, 0.5) is 35.1 Å². The van der Waals surface area contributed by atoms with Crippen molar-refractivity contribution in [3.05, 3.63) is 25.1 Å². The van der Waals surface area contributed by atoms with Gasteiger partial charge in [-0.2, -0.15) is 43.5 Å². The minimum Gasteiger partial charge on any atom is -0.456 e. The van der Waals surface area contributed by atoms with Crippen molar-refractivity contribution < 1.29 is 71.9 Å². The molecule has 1 atom stereocenters. The Labute approximate surface area is 175 Å². The maximum atomic E-state index is 13.5. The minimum absolute atomic E-state index is 0.798. The molecule has 0 aromatic rings. The van der Waals surface area contributed by atoms with Crippen molar-refractivity contribution in [2.45, 2.75) is 42.4 Å². The molecule has 0 aromatic heterocycles. The summed E-state index contributed by atoms with van der Waals surface area (Å²) in [6, 6.07) is 0. The molecule has 1 N–H and O–H groups in total. The lowest BCUT2D eigenvalue weighted by Gasteiger charge is -2.32. The summed E-state index contributed by atoms with van der Waals surface area (Å²) in [5, 5.41) is -5.90. The third kappa shape index (κ3) is 6.86. The summed E-state index contributed by atoms with van der Waals surface area (Å²) in [7, 11) is -6.52. The first-order valence-corrected chi connectivity index (χ1v) is 9.50. The number of esters is 2. The van der Waals surface area contributed by atoms with Crippen LogP contribution in [0.5, 0.6) is 0 Å². The molecule has 1 unspecified atom stereocenters. The number of carbonyl (C=O) groups excluding carboxylic acids is 2. The van der Waals surface area contributed by atoms with Crippen molar-refractivity contribution in [1.82, 2.24) is 0 Å². The quantitative estimate of drug-likeness (QED) is 0.0767. The highest BCUT2D eigenvalue weighted by Crippen LogP contribution is 2.42. The fourth-order valence-corrected chi connectivity index (χ4v) is 2.28. The van der Waals surface area contributed by atoms with Crippen molar-refractivity contribution >= 4 is 22.1 Å². The second kappa shape index (κ2) is 10.6. The van der Waals surface area contributed by atoms with Gasteiger partial charge in [0.15, 0.2) is 0 Å². The lowest BCUT2D eigenvalue weighted by Crippen LogP contribution is -2.58. The number of unbranched alkanes of at least 4 members (excludes halogenated alkanes) is 1. The van der Waals surface area contributed by atoms with Gasteiger partial charge in [0.25, 0.3) is 0 Å². The summed E-state index contributed by atoms with van der Waals surface area (Å²) < 4.78 is 147. The van der Waals surface area contributed by atoms with Gasteiger partial charge in [0.1, 0.15) is 6.61 Å². The van der Waals surface area contributed by atoms with Crippen LogP contribution in [0.25, 0.3) is 0 Å². The molecule has 0 amide bonds. The largest absolute Gasteiger partial charge is 0.468 e. The Morgan fingerprint density at radius 3 is 1.97 bits per heavy atom. The average Bonchev–Trinajstić information content (AvgIpc) is 2.62. The first-order valence-electron chi connectivity index (χ1n) is 8.06. The molecule has 0 aliphatic carbocycles. The molecule has 0 radical (unpaired) electrons. The molecule has 0 fully saturated rings. The second-order valence-corrected chi connectivity index (χ2v) is 7.26. The lowest BCUT2D eigenvalue weighted by molar-refractivity contribution is -0.354. The van der Waals surface area contributed by atoms with Gasteiger partial charge in [-0.3, -0.25) is 4.55 Å². The van der Waals surface area contributed by atoms with Gasteiger partial charge in [-0.25, -0.2) is 9.59 Å². The van der Waals surface area contributed by atoms with Crippen molar-refractivity contribution in [3.8, 4) is 0 Å². The van der Waals surface area contributed by atoms with E-state index >= 15 is 0 Å². The Kier molecular flexibility index (Phi) is 9.81. The van der Waals surface area contributed by atoms with Gasteiger partial charge in [0.2, 0.25) is 5.83 Å². The number of halogens is 8. The van der Waals surface area contributed by atoms with Gasteiger partial charge < -0.3 is 14.2 Å². The van der Waals surface area contributed by atoms with Crippen LogP contribution in [0.15, 0.2) is 25.1 Å². The zero-order valence-electron chi connectivity index (χ0n) is 15.8. The number of hydrogen-bond donors (Lipinski definition) is 1. The van der Waals surface area contributed by atoms with E-state index in [1.165, 1.54) is 0 Å². The molecule has 0 aromatic carbocycles. The van der Waals surface area contributed by atoms with E-state index in [9.17, 15) is 53.1 Å². The van der Waals surface area contributed by atoms with Crippen LogP contribution in [0.3, 0.4) is 0 Å². The molecule has 17 heteroatoms. The van der Waals surface area contributed by atoms with Crippen LogP contribution >= 0.6 is 0 Å². The summed E-state index contributed by atoms with van der Waals surface area (Å²) in [6.45, 7) is 3.18. The normalized spacial score (nSPS) is 14.9. The molecule has 0 aliphatic rings. The van der Waals surface area contributed by atoms with Gasteiger partial charge in [0.05, 0.1) is 6.61 Å². The third-order valence-electron chi connectivity index (χ3n) is 3.37. The summed E-state index contributed by atoms with van der Waals surface area (Å²) in [5.74, 6) is -16.8. The predicted molar refractivity (Wildman–Crippen MR) is 87.5 cm³/mol. The van der Waals surface area contributed by atoms with Gasteiger partial charge in [-0.05, 0) is 12.8 Å². The first kappa shape index (κ1) is 29.7. The highest BCUT2D eigenvalue weighted by molar-refractivity contribution is 7.87. The zero-order chi connectivity index (χ0) is 25.6. The van der Waals surface area contributed by atoms with E-state index in [2.05, 4.69) is 27.4 Å². The average molecular weight is 508 g/mol. The molecule has 0 rings (SSSR count). The number of hydrogen-bond acceptors (Lipinski definition) is 7. The molecule has 0 heterocycles. The summed E-state index contributed by atoms with van der Waals surface area (Å²) in [6.07, 6.45) is -9.15. The van der Waals surface area contributed by atoms with Crippen LogP contribution in [-0.2, 0) is 33.9 Å². The Bertz CT molecular complexity index is 824. The van der Waals surface area contributed by atoms with Gasteiger partial charge in [-0.1, -0.05) is 19.2 Å². The fraction of sp³-hybridized carbons (Fsp3) is 0.600. The maximum absolute atomic E-state index is 13.5. The second-order valence-electron chi connectivity index (χ2n) is 5.80. The molecule has 8 nitrogen and oxygen atoms in total. The van der Waals surface area contributed by atoms with Crippen LogP contribution in [-0.4, -0.2) is 61.3 Å². The van der Waals surface area contributed by atoms with E-state index in [4.69, 9.17) is 4.55 Å². The molecular weight excluding hydrogens is 492 g/mol. The Hall–Kier alpha value is -2.27.